The summed E-state index contributed by atoms with van der Waals surface area (Å²) in [6.45, 7) is -1.42. The van der Waals surface area contributed by atoms with E-state index < -0.39 is 94.0 Å². The smallest absolute Gasteiger partial charge is 0.387 e. The number of rotatable bonds is 2. The lowest BCUT2D eigenvalue weighted by Gasteiger charge is -2.25. The standard InChI is InChI=1S/C21H23FN8O12P2S/c22-7-1-29(17-10(7)19(33)27-5-25-17)21-15-12(31)8(39-21)2-37-43(34,35)41-14-9(3-38-44(36,45)42-15)40-20(13(14)32)30-6-28-11-16(23)24-4-26-18(11)30/h1,4-6,8-9,12-15,20-21,31-32,36,45H,2-3H2,(H3-,23,24,25,26,27,33,34,35)/p+1/t8-,9-,12-,13-,14-,15-,20-,21-,44?/m1/s1. The number of fused-ring (bicyclic) bond motifs is 5. The second-order valence-electron chi connectivity index (χ2n) is 10.2. The van der Waals surface area contributed by atoms with Crippen LogP contribution in [-0.4, -0.2) is 104 Å². The number of nitrogens with zero attached hydrogens (tertiary/aromatic N) is 6. The molecule has 3 aliphatic heterocycles. The Hall–Kier alpha value is -2.69. The van der Waals surface area contributed by atoms with E-state index in [4.69, 9.17) is 33.3 Å². The van der Waals surface area contributed by atoms with E-state index in [9.17, 15) is 33.7 Å². The van der Waals surface area contributed by atoms with Crippen LogP contribution in [0.2, 0.25) is 0 Å². The number of imidazole rings is 1. The number of phosphoric ester groups is 1. The second-order valence-corrected chi connectivity index (χ2v) is 14.6. The Bertz CT molecular complexity index is 1880. The zero-order valence-electron chi connectivity index (χ0n) is 22.4. The molecule has 24 heteroatoms. The van der Waals surface area contributed by atoms with Crippen LogP contribution in [0.1, 0.15) is 12.5 Å². The van der Waals surface area contributed by atoms with Gasteiger partial charge in [-0.2, -0.15) is 13.9 Å². The average molecular weight is 693 g/mol. The first kappa shape index (κ1) is 30.9. The largest absolute Gasteiger partial charge is 0.476 e. The predicted octanol–water partition coefficient (Wildman–Crippen LogP) is -0.680. The highest BCUT2D eigenvalue weighted by Gasteiger charge is 2.57. The quantitative estimate of drug-likeness (QED) is 0.101. The summed E-state index contributed by atoms with van der Waals surface area (Å²) in [5.41, 5.74) is 5.24. The van der Waals surface area contributed by atoms with Gasteiger partial charge in [0.05, 0.1) is 31.5 Å². The number of aromatic amines is 1. The Morgan fingerprint density at radius 2 is 1.84 bits per heavy atom. The number of thiol groups is 1. The maximum atomic E-state index is 14.8. The number of aliphatic hydroxyl groups is 2. The number of hydrogen-bond acceptors (Lipinski definition) is 17. The summed E-state index contributed by atoms with van der Waals surface area (Å²) < 4.78 is 63.6. The lowest BCUT2D eigenvalue weighted by atomic mass is 10.1. The maximum absolute atomic E-state index is 14.8. The summed E-state index contributed by atoms with van der Waals surface area (Å²) >= 11 is 4.12. The van der Waals surface area contributed by atoms with Gasteiger partial charge in [0.25, 0.3) is 5.56 Å². The van der Waals surface area contributed by atoms with Gasteiger partial charge in [0.2, 0.25) is 0 Å². The molecule has 3 fully saturated rings. The minimum absolute atomic E-state index is 0.0549. The number of aromatic nitrogens is 7. The fourth-order valence-corrected chi connectivity index (χ4v) is 7.86. The van der Waals surface area contributed by atoms with Gasteiger partial charge in [-0.15, -0.1) is 0 Å². The Morgan fingerprint density at radius 3 is 2.64 bits per heavy atom. The molecular weight excluding hydrogens is 669 g/mol. The van der Waals surface area contributed by atoms with E-state index in [2.05, 4.69) is 37.2 Å². The van der Waals surface area contributed by atoms with E-state index in [-0.39, 0.29) is 22.6 Å². The van der Waals surface area contributed by atoms with E-state index in [1.807, 2.05) is 0 Å². The first-order valence-electron chi connectivity index (χ1n) is 13.0. The van der Waals surface area contributed by atoms with Gasteiger partial charge in [-0.3, -0.25) is 23.0 Å². The molecule has 0 saturated carbocycles. The minimum Gasteiger partial charge on any atom is -0.387 e. The normalized spacial score (nSPS) is 37.7. The molecule has 20 nitrogen and oxygen atoms in total. The first-order valence-corrected chi connectivity index (χ1v) is 17.2. The zero-order chi connectivity index (χ0) is 31.8. The molecule has 4 aromatic rings. The molecule has 4 aromatic heterocycles. The number of nitrogens with one attached hydrogen (secondary N) is 1. The number of anilines is 1. The van der Waals surface area contributed by atoms with Crippen molar-refractivity contribution >= 4 is 55.2 Å². The SMILES string of the molecule is Nc1ncnc2c1ncn2[C@@H]1O[C@@H]2CO[P+](O)(S)O[C@@H]3[C@H](O)[C@@H](COP(=O)(O)O[C@H]2[C@H]1O)O[C@H]3n1cc(F)c2c(=O)[nH]cnc21. The zero-order valence-corrected chi connectivity index (χ0v) is 25.1. The van der Waals surface area contributed by atoms with E-state index in [1.165, 1.54) is 17.2 Å². The van der Waals surface area contributed by atoms with E-state index >= 15 is 0 Å². The van der Waals surface area contributed by atoms with Crippen LogP contribution in [0, 0.1) is 5.82 Å². The molecule has 0 amide bonds. The first-order chi connectivity index (χ1) is 21.3. The highest BCUT2D eigenvalue weighted by Crippen LogP contribution is 2.65. The maximum Gasteiger partial charge on any atom is 0.476 e. The third kappa shape index (κ3) is 5.44. The number of nitrogen functional groups attached to an aromatic ring is 1. The second kappa shape index (κ2) is 11.2. The molecule has 0 radical (unpaired) electrons. The van der Waals surface area contributed by atoms with Crippen molar-refractivity contribution in [3.05, 3.63) is 41.3 Å². The van der Waals surface area contributed by atoms with E-state index in [0.29, 0.717) is 0 Å². The third-order valence-electron chi connectivity index (χ3n) is 7.45. The molecule has 0 spiro atoms. The summed E-state index contributed by atoms with van der Waals surface area (Å²) in [7, 11) is -9.26. The number of halogens is 1. The number of H-pyrrole nitrogens is 1. The van der Waals surface area contributed by atoms with Gasteiger partial charge in [-0.05, 0) is 0 Å². The number of hydrogen-bond donors (Lipinski definition) is 7. The Labute approximate surface area is 255 Å². The van der Waals surface area contributed by atoms with Crippen molar-refractivity contribution in [2.75, 3.05) is 18.9 Å². The number of phosphoric acid groups is 1. The van der Waals surface area contributed by atoms with Gasteiger partial charge in [-0.1, -0.05) is 0 Å². The monoisotopic (exact) mass is 693 g/mol. The van der Waals surface area contributed by atoms with Gasteiger partial charge < -0.3 is 35.3 Å². The van der Waals surface area contributed by atoms with Crippen molar-refractivity contribution in [3.63, 3.8) is 0 Å². The van der Waals surface area contributed by atoms with Crippen LogP contribution in [0.15, 0.2) is 30.0 Å². The van der Waals surface area contributed by atoms with Crippen LogP contribution in [0.4, 0.5) is 10.2 Å². The molecule has 0 aliphatic carbocycles. The summed E-state index contributed by atoms with van der Waals surface area (Å²) in [6, 6.07) is 0. The molecule has 3 saturated heterocycles. The Kier molecular flexibility index (Phi) is 7.72. The van der Waals surface area contributed by atoms with Crippen molar-refractivity contribution in [2.24, 2.45) is 0 Å². The molecule has 7 N–H and O–H groups in total. The van der Waals surface area contributed by atoms with Crippen molar-refractivity contribution in [1.29, 1.82) is 0 Å². The molecule has 45 heavy (non-hydrogen) atoms. The molecule has 2 unspecified atom stereocenters. The minimum atomic E-state index is -5.04. The molecular formula is C21H24FN8O12P2S+. The topological polar surface area (TPSA) is 274 Å². The van der Waals surface area contributed by atoms with Crippen molar-refractivity contribution in [1.82, 2.24) is 34.1 Å². The molecule has 0 aromatic carbocycles. The van der Waals surface area contributed by atoms with Crippen molar-refractivity contribution < 1.29 is 56.5 Å². The fourth-order valence-electron chi connectivity index (χ4n) is 5.42. The lowest BCUT2D eigenvalue weighted by Crippen LogP contribution is -2.36. The summed E-state index contributed by atoms with van der Waals surface area (Å²) in [5, 5.41) is 21.8. The van der Waals surface area contributed by atoms with Crippen molar-refractivity contribution in [2.45, 2.75) is 49.1 Å². The number of nitrogens with two attached hydrogens (primary N) is 1. The van der Waals surface area contributed by atoms with Crippen LogP contribution in [0.3, 0.4) is 0 Å². The molecule has 3 aliphatic rings. The van der Waals surface area contributed by atoms with Crippen LogP contribution >= 0.6 is 27.2 Å². The number of ether oxygens (including phenoxy) is 2. The summed E-state index contributed by atoms with van der Waals surface area (Å²) in [5.74, 6) is -0.914. The summed E-state index contributed by atoms with van der Waals surface area (Å²) in [6.07, 6.45) is -7.72. The Balaban J connectivity index is 1.21. The number of aliphatic hydroxyl groups excluding tert-OH is 2. The van der Waals surface area contributed by atoms with E-state index in [0.717, 1.165) is 17.1 Å². The van der Waals surface area contributed by atoms with Crippen molar-refractivity contribution in [3.8, 4) is 0 Å². The van der Waals surface area contributed by atoms with Crippen LogP contribution in [0.5, 0.6) is 0 Å². The van der Waals surface area contributed by atoms with Gasteiger partial charge in [0.15, 0.2) is 41.5 Å². The van der Waals surface area contributed by atoms with Gasteiger partial charge in [-0.25, -0.2) is 28.9 Å². The molecule has 2 bridgehead atoms. The highest BCUT2D eigenvalue weighted by atomic mass is 32.7. The molecule has 242 valence electrons. The van der Waals surface area contributed by atoms with E-state index in [1.54, 1.807) is 0 Å². The van der Waals surface area contributed by atoms with Crippen LogP contribution in [-0.2, 0) is 32.1 Å². The Morgan fingerprint density at radius 1 is 1.07 bits per heavy atom. The van der Waals surface area contributed by atoms with Gasteiger partial charge >= 0.3 is 15.0 Å². The third-order valence-corrected chi connectivity index (χ3v) is 10.1. The van der Waals surface area contributed by atoms with Gasteiger partial charge in [0.1, 0.15) is 54.4 Å². The fraction of sp³-hybridized carbons (Fsp3) is 0.476. The molecule has 7 heterocycles. The van der Waals surface area contributed by atoms with Gasteiger partial charge in [0, 0.05) is 6.20 Å². The molecule has 10 atom stereocenters. The molecule has 7 rings (SSSR count). The predicted molar refractivity (Wildman–Crippen MR) is 149 cm³/mol. The van der Waals surface area contributed by atoms with Crippen LogP contribution < -0.4 is 11.3 Å². The lowest BCUT2D eigenvalue weighted by molar-refractivity contribution is -0.0638. The average Bonchev–Trinajstić information content (AvgIpc) is 3.71. The van der Waals surface area contributed by atoms with Crippen LogP contribution in [0.25, 0.3) is 22.2 Å². The summed E-state index contributed by atoms with van der Waals surface area (Å²) in [4.78, 5) is 52.2. The highest BCUT2D eigenvalue weighted by molar-refractivity contribution is 8.47.